The molecule has 0 aliphatic rings. The summed E-state index contributed by atoms with van der Waals surface area (Å²) in [6.45, 7) is 10.2. The van der Waals surface area contributed by atoms with Crippen molar-refractivity contribution in [3.05, 3.63) is 119 Å². The van der Waals surface area contributed by atoms with Gasteiger partial charge in [0.2, 0.25) is 0 Å². The quantitative estimate of drug-likeness (QED) is 0.0253. The second-order valence-electron chi connectivity index (χ2n) is 19.4. The fraction of sp³-hybridized carbons (Fsp3) is 0.574. The van der Waals surface area contributed by atoms with Crippen LogP contribution in [-0.2, 0) is 5.41 Å². The molecule has 67 heavy (non-hydrogen) atoms. The van der Waals surface area contributed by atoms with Gasteiger partial charge in [0.25, 0.3) is 0 Å². The van der Waals surface area contributed by atoms with Crippen molar-refractivity contribution >= 4 is 11.9 Å². The van der Waals surface area contributed by atoms with Gasteiger partial charge >= 0.3 is 11.9 Å². The van der Waals surface area contributed by atoms with Crippen molar-refractivity contribution in [2.24, 2.45) is 0 Å². The second kappa shape index (κ2) is 33.8. The molecule has 4 aromatic carbocycles. The predicted molar refractivity (Wildman–Crippen MR) is 279 cm³/mol. The Labute approximate surface area is 407 Å². The third-order valence-corrected chi connectivity index (χ3v) is 13.3. The number of carbonyl (C=O) groups excluding carboxylic acids is 2. The summed E-state index contributed by atoms with van der Waals surface area (Å²) in [6, 6.07) is 29.6. The van der Waals surface area contributed by atoms with Crippen LogP contribution >= 0.6 is 0 Å². The van der Waals surface area contributed by atoms with Gasteiger partial charge in [-0.1, -0.05) is 219 Å². The van der Waals surface area contributed by atoms with Crippen LogP contribution in [0.3, 0.4) is 0 Å². The number of rotatable bonds is 38. The molecule has 0 bridgehead atoms. The van der Waals surface area contributed by atoms with E-state index < -0.39 is 11.9 Å². The molecule has 368 valence electrons. The van der Waals surface area contributed by atoms with E-state index >= 15 is 0 Å². The van der Waals surface area contributed by atoms with E-state index in [-0.39, 0.29) is 5.41 Å². The van der Waals surface area contributed by atoms with Gasteiger partial charge in [0.15, 0.2) is 0 Å². The Morgan fingerprint density at radius 1 is 0.328 bits per heavy atom. The predicted octanol–water partition coefficient (Wildman–Crippen LogP) is 18.2. The van der Waals surface area contributed by atoms with E-state index in [1.807, 2.05) is 72.8 Å². The molecule has 0 saturated heterocycles. The van der Waals surface area contributed by atoms with Crippen LogP contribution in [-0.4, -0.2) is 25.2 Å². The molecular formula is C61H88O6. The highest BCUT2D eigenvalue weighted by molar-refractivity contribution is 5.91. The van der Waals surface area contributed by atoms with Crippen molar-refractivity contribution < 1.29 is 28.5 Å². The minimum absolute atomic E-state index is 0.351. The molecule has 4 aromatic rings. The van der Waals surface area contributed by atoms with Crippen molar-refractivity contribution in [3.63, 3.8) is 0 Å². The Kier molecular flexibility index (Phi) is 27.8. The van der Waals surface area contributed by atoms with Crippen LogP contribution in [0.1, 0.15) is 239 Å². The number of benzene rings is 4. The van der Waals surface area contributed by atoms with E-state index in [0.717, 1.165) is 35.5 Å². The highest BCUT2D eigenvalue weighted by Crippen LogP contribution is 2.34. The third kappa shape index (κ3) is 22.8. The maximum absolute atomic E-state index is 13.0. The molecule has 6 nitrogen and oxygen atoms in total. The highest BCUT2D eigenvalue weighted by Gasteiger charge is 2.24. The average Bonchev–Trinajstić information content (AvgIpc) is 3.34. The molecule has 0 radical (unpaired) electrons. The Morgan fingerprint density at radius 2 is 0.567 bits per heavy atom. The van der Waals surface area contributed by atoms with Crippen molar-refractivity contribution in [3.8, 4) is 23.0 Å². The van der Waals surface area contributed by atoms with Gasteiger partial charge in [-0.3, -0.25) is 0 Å². The van der Waals surface area contributed by atoms with Crippen LogP contribution < -0.4 is 18.9 Å². The standard InChI is InChI=1S/C61H88O6/c1-5-7-9-11-13-15-17-19-21-23-25-27-29-31-49-64-55-41-33-51(34-42-55)59(62)66-57-45-37-53(38-46-57)61(3,4)54-39-47-58(48-40-54)67-60(63)52-35-43-56(44-36-52)65-50-32-30-28-26-24-22-20-18-16-14-12-10-8-6-2/h33-48H,5-32,49-50H2,1-4H3. The van der Waals surface area contributed by atoms with Crippen molar-refractivity contribution in [2.75, 3.05) is 13.2 Å². The van der Waals surface area contributed by atoms with Gasteiger partial charge in [0.1, 0.15) is 23.0 Å². The van der Waals surface area contributed by atoms with Gasteiger partial charge in [-0.2, -0.15) is 0 Å². The number of hydrogen-bond donors (Lipinski definition) is 0. The number of unbranched alkanes of at least 4 members (excludes halogenated alkanes) is 26. The highest BCUT2D eigenvalue weighted by atomic mass is 16.5. The van der Waals surface area contributed by atoms with E-state index in [0.29, 0.717) is 35.8 Å². The van der Waals surface area contributed by atoms with Crippen LogP contribution in [0.5, 0.6) is 23.0 Å². The number of hydrogen-bond acceptors (Lipinski definition) is 6. The molecule has 0 heterocycles. The molecule has 0 unspecified atom stereocenters. The lowest BCUT2D eigenvalue weighted by molar-refractivity contribution is 0.0725. The van der Waals surface area contributed by atoms with E-state index in [1.54, 1.807) is 24.3 Å². The lowest BCUT2D eigenvalue weighted by atomic mass is 9.78. The van der Waals surface area contributed by atoms with Crippen LogP contribution in [0.15, 0.2) is 97.1 Å². The van der Waals surface area contributed by atoms with E-state index in [4.69, 9.17) is 18.9 Å². The second-order valence-corrected chi connectivity index (χ2v) is 19.4. The third-order valence-electron chi connectivity index (χ3n) is 13.3. The number of ether oxygens (including phenoxy) is 4. The molecule has 0 saturated carbocycles. The lowest BCUT2D eigenvalue weighted by Gasteiger charge is -2.26. The largest absolute Gasteiger partial charge is 0.494 e. The molecule has 0 aliphatic heterocycles. The summed E-state index contributed by atoms with van der Waals surface area (Å²) in [4.78, 5) is 25.9. The molecule has 0 aromatic heterocycles. The van der Waals surface area contributed by atoms with Gasteiger partial charge in [0, 0.05) is 5.41 Å². The van der Waals surface area contributed by atoms with E-state index in [1.165, 1.54) is 167 Å². The summed E-state index contributed by atoms with van der Waals surface area (Å²) in [5, 5.41) is 0. The summed E-state index contributed by atoms with van der Waals surface area (Å²) in [5.74, 6) is 1.68. The fourth-order valence-electron chi connectivity index (χ4n) is 8.73. The first kappa shape index (κ1) is 55.0. The Bertz CT molecular complexity index is 1730. The molecule has 6 heteroatoms. The summed E-state index contributed by atoms with van der Waals surface area (Å²) >= 11 is 0. The van der Waals surface area contributed by atoms with Gasteiger partial charge in [0.05, 0.1) is 24.3 Å². The zero-order valence-corrected chi connectivity index (χ0v) is 42.4. The molecular weight excluding hydrogens is 829 g/mol. The SMILES string of the molecule is CCCCCCCCCCCCCCCCOc1ccc(C(=O)Oc2ccc(C(C)(C)c3ccc(OC(=O)c4ccc(OCCCCCCCCCCCCCCCC)cc4)cc3)cc2)cc1. The van der Waals surface area contributed by atoms with E-state index in [9.17, 15) is 9.59 Å². The Morgan fingerprint density at radius 3 is 0.836 bits per heavy atom. The summed E-state index contributed by atoms with van der Waals surface area (Å²) in [6.07, 6.45) is 37.4. The maximum atomic E-state index is 13.0. The molecule has 0 spiro atoms. The summed E-state index contributed by atoms with van der Waals surface area (Å²) in [7, 11) is 0. The zero-order chi connectivity index (χ0) is 47.6. The Hall–Kier alpha value is -4.58. The maximum Gasteiger partial charge on any atom is 0.343 e. The summed E-state index contributed by atoms with van der Waals surface area (Å²) < 4.78 is 23.3. The minimum Gasteiger partial charge on any atom is -0.494 e. The van der Waals surface area contributed by atoms with Crippen molar-refractivity contribution in [1.29, 1.82) is 0 Å². The smallest absolute Gasteiger partial charge is 0.343 e. The van der Waals surface area contributed by atoms with E-state index in [2.05, 4.69) is 27.7 Å². The van der Waals surface area contributed by atoms with Crippen molar-refractivity contribution in [2.45, 2.75) is 213 Å². The molecule has 0 atom stereocenters. The van der Waals surface area contributed by atoms with Crippen LogP contribution in [0.2, 0.25) is 0 Å². The average molecular weight is 917 g/mol. The monoisotopic (exact) mass is 917 g/mol. The molecule has 0 N–H and O–H groups in total. The molecule has 0 fully saturated rings. The van der Waals surface area contributed by atoms with Gasteiger partial charge in [-0.05, 0) is 96.8 Å². The lowest BCUT2D eigenvalue weighted by Crippen LogP contribution is -2.19. The minimum atomic E-state index is -0.407. The first-order valence-corrected chi connectivity index (χ1v) is 26.9. The topological polar surface area (TPSA) is 71.1 Å². The summed E-state index contributed by atoms with van der Waals surface area (Å²) in [5.41, 5.74) is 2.72. The normalized spacial score (nSPS) is 11.4. The number of esters is 2. The fourth-order valence-corrected chi connectivity index (χ4v) is 8.73. The first-order chi connectivity index (χ1) is 32.8. The van der Waals surface area contributed by atoms with Crippen LogP contribution in [0, 0.1) is 0 Å². The molecule has 0 amide bonds. The van der Waals surface area contributed by atoms with Gasteiger partial charge in [-0.15, -0.1) is 0 Å². The molecule has 0 aliphatic carbocycles. The zero-order valence-electron chi connectivity index (χ0n) is 42.4. The van der Waals surface area contributed by atoms with Gasteiger partial charge in [-0.25, -0.2) is 9.59 Å². The Balaban J connectivity index is 1.07. The van der Waals surface area contributed by atoms with Crippen molar-refractivity contribution in [1.82, 2.24) is 0 Å². The molecule has 4 rings (SSSR count). The van der Waals surface area contributed by atoms with Crippen LogP contribution in [0.4, 0.5) is 0 Å². The van der Waals surface area contributed by atoms with Gasteiger partial charge < -0.3 is 18.9 Å². The van der Waals surface area contributed by atoms with Crippen LogP contribution in [0.25, 0.3) is 0 Å². The first-order valence-electron chi connectivity index (χ1n) is 26.9. The number of carbonyl (C=O) groups is 2.